The first kappa shape index (κ1) is 13.3. The Kier molecular flexibility index (Phi) is 4.83. The zero-order chi connectivity index (χ0) is 12.1. The fourth-order valence-corrected chi connectivity index (χ4v) is 3.30. The Morgan fingerprint density at radius 2 is 2.06 bits per heavy atom. The van der Waals surface area contributed by atoms with Gasteiger partial charge < -0.3 is 10.1 Å². The zero-order valence-electron chi connectivity index (χ0n) is 11.5. The molecule has 2 rings (SSSR count). The third-order valence-electron chi connectivity index (χ3n) is 4.70. The molecule has 1 unspecified atom stereocenters. The van der Waals surface area contributed by atoms with Gasteiger partial charge in [-0.1, -0.05) is 19.8 Å². The van der Waals surface area contributed by atoms with E-state index in [-0.39, 0.29) is 0 Å². The van der Waals surface area contributed by atoms with E-state index in [1.54, 1.807) is 0 Å². The van der Waals surface area contributed by atoms with E-state index in [9.17, 15) is 0 Å². The SMILES string of the molecule is CCN(C)C1(CNC2CCCOC2)CCCC1. The van der Waals surface area contributed by atoms with E-state index in [2.05, 4.69) is 24.2 Å². The van der Waals surface area contributed by atoms with Crippen LogP contribution in [0.5, 0.6) is 0 Å². The molecule has 17 heavy (non-hydrogen) atoms. The lowest BCUT2D eigenvalue weighted by molar-refractivity contribution is 0.0584. The van der Waals surface area contributed by atoms with Crippen molar-refractivity contribution >= 4 is 0 Å². The van der Waals surface area contributed by atoms with Gasteiger partial charge in [-0.3, -0.25) is 4.90 Å². The molecular weight excluding hydrogens is 212 g/mol. The Labute approximate surface area is 106 Å². The van der Waals surface area contributed by atoms with Crippen molar-refractivity contribution in [3.8, 4) is 0 Å². The highest BCUT2D eigenvalue weighted by molar-refractivity contribution is 4.96. The van der Waals surface area contributed by atoms with Gasteiger partial charge in [0.05, 0.1) is 6.61 Å². The lowest BCUT2D eigenvalue weighted by Crippen LogP contribution is -2.54. The van der Waals surface area contributed by atoms with Crippen molar-refractivity contribution < 1.29 is 4.74 Å². The summed E-state index contributed by atoms with van der Waals surface area (Å²) in [6.45, 7) is 6.43. The molecule has 1 aliphatic heterocycles. The predicted octanol–water partition coefficient (Wildman–Crippen LogP) is 2.02. The molecular formula is C14H28N2O. The Morgan fingerprint density at radius 3 is 2.65 bits per heavy atom. The van der Waals surface area contributed by atoms with Crippen LogP contribution in [-0.4, -0.2) is 49.8 Å². The summed E-state index contributed by atoms with van der Waals surface area (Å²) < 4.78 is 5.54. The Balaban J connectivity index is 1.84. The second-order valence-corrected chi connectivity index (χ2v) is 5.74. The fourth-order valence-electron chi connectivity index (χ4n) is 3.30. The second kappa shape index (κ2) is 6.17. The molecule has 1 heterocycles. The third-order valence-corrected chi connectivity index (χ3v) is 4.70. The second-order valence-electron chi connectivity index (χ2n) is 5.74. The maximum atomic E-state index is 5.54. The molecule has 2 fully saturated rings. The van der Waals surface area contributed by atoms with Crippen molar-refractivity contribution in [1.29, 1.82) is 0 Å². The Morgan fingerprint density at radius 1 is 1.29 bits per heavy atom. The Hall–Kier alpha value is -0.120. The first-order valence-corrected chi connectivity index (χ1v) is 7.29. The van der Waals surface area contributed by atoms with Crippen LogP contribution in [0.1, 0.15) is 45.4 Å². The summed E-state index contributed by atoms with van der Waals surface area (Å²) in [4.78, 5) is 2.55. The van der Waals surface area contributed by atoms with Crippen molar-refractivity contribution in [1.82, 2.24) is 10.2 Å². The van der Waals surface area contributed by atoms with Crippen LogP contribution in [0, 0.1) is 0 Å². The molecule has 0 aromatic carbocycles. The molecule has 1 atom stereocenters. The zero-order valence-corrected chi connectivity index (χ0v) is 11.5. The quantitative estimate of drug-likeness (QED) is 0.795. The van der Waals surface area contributed by atoms with Gasteiger partial charge in [-0.2, -0.15) is 0 Å². The lowest BCUT2D eigenvalue weighted by Gasteiger charge is -2.40. The molecule has 0 amide bonds. The van der Waals surface area contributed by atoms with Gasteiger partial charge >= 0.3 is 0 Å². The van der Waals surface area contributed by atoms with E-state index in [4.69, 9.17) is 4.74 Å². The van der Waals surface area contributed by atoms with Gasteiger partial charge in [-0.25, -0.2) is 0 Å². The van der Waals surface area contributed by atoms with E-state index in [1.807, 2.05) is 0 Å². The fraction of sp³-hybridized carbons (Fsp3) is 1.00. The largest absolute Gasteiger partial charge is 0.380 e. The Bertz CT molecular complexity index is 220. The van der Waals surface area contributed by atoms with Crippen LogP contribution in [0.4, 0.5) is 0 Å². The normalized spacial score (nSPS) is 28.8. The van der Waals surface area contributed by atoms with Crippen LogP contribution in [0.2, 0.25) is 0 Å². The molecule has 3 heteroatoms. The third kappa shape index (κ3) is 3.21. The van der Waals surface area contributed by atoms with E-state index < -0.39 is 0 Å². The van der Waals surface area contributed by atoms with E-state index in [1.165, 1.54) is 38.5 Å². The van der Waals surface area contributed by atoms with Crippen LogP contribution in [0.25, 0.3) is 0 Å². The first-order valence-electron chi connectivity index (χ1n) is 7.29. The topological polar surface area (TPSA) is 24.5 Å². The van der Waals surface area contributed by atoms with Gasteiger partial charge in [-0.15, -0.1) is 0 Å². The van der Waals surface area contributed by atoms with Crippen molar-refractivity contribution in [3.05, 3.63) is 0 Å². The van der Waals surface area contributed by atoms with Gasteiger partial charge in [0.15, 0.2) is 0 Å². The number of rotatable bonds is 5. The molecule has 0 aromatic rings. The van der Waals surface area contributed by atoms with Crippen LogP contribution in [0.15, 0.2) is 0 Å². The minimum absolute atomic E-state index is 0.423. The number of nitrogens with zero attached hydrogens (tertiary/aromatic N) is 1. The number of nitrogens with one attached hydrogen (secondary N) is 1. The number of likely N-dealkylation sites (N-methyl/N-ethyl adjacent to an activating group) is 1. The predicted molar refractivity (Wildman–Crippen MR) is 71.3 cm³/mol. The molecule has 100 valence electrons. The summed E-state index contributed by atoms with van der Waals surface area (Å²) >= 11 is 0. The van der Waals surface area contributed by atoms with Crippen molar-refractivity contribution in [2.75, 3.05) is 33.4 Å². The monoisotopic (exact) mass is 240 g/mol. The van der Waals surface area contributed by atoms with Crippen LogP contribution >= 0.6 is 0 Å². The number of ether oxygens (including phenoxy) is 1. The van der Waals surface area contributed by atoms with Gasteiger partial charge in [0.1, 0.15) is 0 Å². The van der Waals surface area contributed by atoms with E-state index in [0.717, 1.165) is 26.3 Å². The number of hydrogen-bond donors (Lipinski definition) is 1. The average molecular weight is 240 g/mol. The molecule has 0 aromatic heterocycles. The van der Waals surface area contributed by atoms with Gasteiger partial charge in [0.2, 0.25) is 0 Å². The minimum atomic E-state index is 0.423. The highest BCUT2D eigenvalue weighted by atomic mass is 16.5. The summed E-state index contributed by atoms with van der Waals surface area (Å²) in [6.07, 6.45) is 8.01. The summed E-state index contributed by atoms with van der Waals surface area (Å²) in [5.41, 5.74) is 0.423. The van der Waals surface area contributed by atoms with Crippen LogP contribution < -0.4 is 5.32 Å². The molecule has 3 nitrogen and oxygen atoms in total. The van der Waals surface area contributed by atoms with Crippen molar-refractivity contribution in [3.63, 3.8) is 0 Å². The first-order chi connectivity index (χ1) is 8.27. The summed E-state index contributed by atoms with van der Waals surface area (Å²) in [5, 5.41) is 3.75. The molecule has 1 N–H and O–H groups in total. The highest BCUT2D eigenvalue weighted by Crippen LogP contribution is 2.34. The molecule has 0 spiro atoms. The summed E-state index contributed by atoms with van der Waals surface area (Å²) in [7, 11) is 2.28. The van der Waals surface area contributed by atoms with E-state index >= 15 is 0 Å². The number of hydrogen-bond acceptors (Lipinski definition) is 3. The highest BCUT2D eigenvalue weighted by Gasteiger charge is 2.37. The van der Waals surface area contributed by atoms with Gasteiger partial charge in [0, 0.05) is 24.7 Å². The molecule has 0 radical (unpaired) electrons. The molecule has 1 saturated heterocycles. The summed E-state index contributed by atoms with van der Waals surface area (Å²) in [5.74, 6) is 0. The standard InChI is InChI=1S/C14H28N2O/c1-3-16(2)14(8-4-5-9-14)12-15-13-7-6-10-17-11-13/h13,15H,3-12H2,1-2H3. The van der Waals surface area contributed by atoms with Gasteiger partial charge in [0.25, 0.3) is 0 Å². The minimum Gasteiger partial charge on any atom is -0.380 e. The van der Waals surface area contributed by atoms with Crippen LogP contribution in [-0.2, 0) is 4.74 Å². The van der Waals surface area contributed by atoms with Crippen molar-refractivity contribution in [2.24, 2.45) is 0 Å². The summed E-state index contributed by atoms with van der Waals surface area (Å²) in [6, 6.07) is 0.589. The van der Waals surface area contributed by atoms with Gasteiger partial charge in [-0.05, 0) is 39.3 Å². The smallest absolute Gasteiger partial charge is 0.0619 e. The molecule has 1 saturated carbocycles. The average Bonchev–Trinajstić information content (AvgIpc) is 2.87. The molecule has 1 aliphatic carbocycles. The maximum Gasteiger partial charge on any atom is 0.0619 e. The van der Waals surface area contributed by atoms with Crippen LogP contribution in [0.3, 0.4) is 0 Å². The van der Waals surface area contributed by atoms with E-state index in [0.29, 0.717) is 11.6 Å². The molecule has 2 aliphatic rings. The van der Waals surface area contributed by atoms with Crippen molar-refractivity contribution in [2.45, 2.75) is 57.0 Å². The lowest BCUT2D eigenvalue weighted by atomic mass is 9.94. The maximum absolute atomic E-state index is 5.54. The molecule has 0 bridgehead atoms.